The fourth-order valence-corrected chi connectivity index (χ4v) is 2.55. The van der Waals surface area contributed by atoms with Crippen LogP contribution in [0, 0.1) is 11.6 Å². The molecule has 2 nitrogen and oxygen atoms in total. The molecule has 1 aliphatic rings. The number of rotatable bonds is 2. The Hall–Kier alpha value is -2.23. The number of halogens is 2. The van der Waals surface area contributed by atoms with Crippen molar-refractivity contribution in [3.63, 3.8) is 0 Å². The highest BCUT2D eigenvalue weighted by molar-refractivity contribution is 6.09. The first-order valence-corrected chi connectivity index (χ1v) is 6.67. The average molecular weight is 288 g/mol. The zero-order chi connectivity index (χ0) is 15.2. The van der Waals surface area contributed by atoms with Gasteiger partial charge in [0.05, 0.1) is 0 Å². The molecule has 3 rings (SSSR count). The number of carbonyl (C=O) groups is 1. The van der Waals surface area contributed by atoms with Gasteiger partial charge in [-0.2, -0.15) is 0 Å². The first kappa shape index (κ1) is 13.7. The Bertz CT molecular complexity index is 736. The standard InChI is InChI=1S/C17H14F2O2/c1-17(2)9-12-7-10(4-6-15(12)21-17)16(20)11-3-5-13(18)14(19)8-11/h3-8H,9H2,1-2H3. The summed E-state index contributed by atoms with van der Waals surface area (Å²) in [5.74, 6) is -1.55. The number of benzene rings is 2. The minimum Gasteiger partial charge on any atom is -0.487 e. The first-order valence-electron chi connectivity index (χ1n) is 6.67. The van der Waals surface area contributed by atoms with Crippen molar-refractivity contribution in [2.45, 2.75) is 25.9 Å². The van der Waals surface area contributed by atoms with E-state index in [1.165, 1.54) is 6.07 Å². The predicted octanol–water partition coefficient (Wildman–Crippen LogP) is 3.91. The maximum atomic E-state index is 13.2. The van der Waals surface area contributed by atoms with Crippen LogP contribution in [0.25, 0.3) is 0 Å². The highest BCUT2D eigenvalue weighted by Crippen LogP contribution is 2.35. The molecule has 21 heavy (non-hydrogen) atoms. The molecule has 0 saturated heterocycles. The van der Waals surface area contributed by atoms with Crippen molar-refractivity contribution in [1.29, 1.82) is 0 Å². The third-order valence-corrected chi connectivity index (χ3v) is 3.51. The monoisotopic (exact) mass is 288 g/mol. The minimum absolute atomic E-state index is 0.132. The van der Waals surface area contributed by atoms with Crippen LogP contribution in [0.15, 0.2) is 36.4 Å². The zero-order valence-corrected chi connectivity index (χ0v) is 11.7. The van der Waals surface area contributed by atoms with Gasteiger partial charge in [0.25, 0.3) is 0 Å². The van der Waals surface area contributed by atoms with E-state index in [1.54, 1.807) is 18.2 Å². The Kier molecular flexibility index (Phi) is 3.04. The molecule has 0 fully saturated rings. The lowest BCUT2D eigenvalue weighted by molar-refractivity contribution is 0.103. The Morgan fingerprint density at radius 1 is 1.05 bits per heavy atom. The van der Waals surface area contributed by atoms with Crippen LogP contribution in [0.3, 0.4) is 0 Å². The SMILES string of the molecule is CC1(C)Cc2cc(C(=O)c3ccc(F)c(F)c3)ccc2O1. The second-order valence-corrected chi connectivity index (χ2v) is 5.82. The van der Waals surface area contributed by atoms with Crippen LogP contribution in [-0.2, 0) is 6.42 Å². The molecule has 1 aliphatic heterocycles. The largest absolute Gasteiger partial charge is 0.487 e. The summed E-state index contributed by atoms with van der Waals surface area (Å²) in [6.07, 6.45) is 0.710. The Morgan fingerprint density at radius 2 is 1.71 bits per heavy atom. The van der Waals surface area contributed by atoms with E-state index in [0.717, 1.165) is 23.4 Å². The van der Waals surface area contributed by atoms with Crippen LogP contribution < -0.4 is 4.74 Å². The molecule has 0 N–H and O–H groups in total. The number of hydrogen-bond donors (Lipinski definition) is 0. The van der Waals surface area contributed by atoms with Crippen molar-refractivity contribution in [3.8, 4) is 5.75 Å². The van der Waals surface area contributed by atoms with E-state index in [2.05, 4.69) is 0 Å². The molecule has 0 saturated carbocycles. The molecular weight excluding hydrogens is 274 g/mol. The van der Waals surface area contributed by atoms with E-state index in [4.69, 9.17) is 4.74 Å². The van der Waals surface area contributed by atoms with E-state index >= 15 is 0 Å². The minimum atomic E-state index is -1.02. The predicted molar refractivity (Wildman–Crippen MR) is 74.6 cm³/mol. The molecule has 1 heterocycles. The van der Waals surface area contributed by atoms with Crippen LogP contribution in [-0.4, -0.2) is 11.4 Å². The quantitative estimate of drug-likeness (QED) is 0.783. The number of hydrogen-bond acceptors (Lipinski definition) is 2. The highest BCUT2D eigenvalue weighted by atomic mass is 19.2. The summed E-state index contributed by atoms with van der Waals surface area (Å²) in [5.41, 5.74) is 1.24. The van der Waals surface area contributed by atoms with Crippen LogP contribution in [0.4, 0.5) is 8.78 Å². The second kappa shape index (κ2) is 4.65. The summed E-state index contributed by atoms with van der Waals surface area (Å²) < 4.78 is 31.9. The molecule has 0 unspecified atom stereocenters. The molecule has 0 radical (unpaired) electrons. The van der Waals surface area contributed by atoms with Crippen LogP contribution in [0.5, 0.6) is 5.75 Å². The average Bonchev–Trinajstić information content (AvgIpc) is 2.73. The molecule has 0 atom stereocenters. The molecule has 0 aromatic heterocycles. The fraction of sp³-hybridized carbons (Fsp3) is 0.235. The van der Waals surface area contributed by atoms with Gasteiger partial charge in [-0.05, 0) is 55.8 Å². The van der Waals surface area contributed by atoms with Gasteiger partial charge in [0.2, 0.25) is 0 Å². The van der Waals surface area contributed by atoms with Gasteiger partial charge in [-0.15, -0.1) is 0 Å². The third-order valence-electron chi connectivity index (χ3n) is 3.51. The van der Waals surface area contributed by atoms with Crippen molar-refractivity contribution in [3.05, 3.63) is 64.7 Å². The fourth-order valence-electron chi connectivity index (χ4n) is 2.55. The Morgan fingerprint density at radius 3 is 2.43 bits per heavy atom. The molecule has 4 heteroatoms. The lowest BCUT2D eigenvalue weighted by atomic mass is 9.97. The van der Waals surface area contributed by atoms with Gasteiger partial charge in [-0.1, -0.05) is 0 Å². The number of ketones is 1. The topological polar surface area (TPSA) is 26.3 Å². The summed E-state index contributed by atoms with van der Waals surface area (Å²) in [6, 6.07) is 8.32. The summed E-state index contributed by atoms with van der Waals surface area (Å²) in [4.78, 5) is 12.3. The first-order chi connectivity index (χ1) is 9.85. The lowest BCUT2D eigenvalue weighted by Crippen LogP contribution is -2.24. The van der Waals surface area contributed by atoms with Gasteiger partial charge < -0.3 is 4.74 Å². The van der Waals surface area contributed by atoms with E-state index in [0.29, 0.717) is 12.0 Å². The maximum Gasteiger partial charge on any atom is 0.193 e. The molecule has 2 aromatic carbocycles. The molecular formula is C17H14F2O2. The van der Waals surface area contributed by atoms with E-state index in [9.17, 15) is 13.6 Å². The summed E-state index contributed by atoms with van der Waals surface area (Å²) >= 11 is 0. The summed E-state index contributed by atoms with van der Waals surface area (Å²) in [6.45, 7) is 3.95. The maximum absolute atomic E-state index is 13.2. The Labute approximate surface area is 121 Å². The number of fused-ring (bicyclic) bond motifs is 1. The van der Waals surface area contributed by atoms with Gasteiger partial charge in [0.1, 0.15) is 11.4 Å². The number of ether oxygens (including phenoxy) is 1. The van der Waals surface area contributed by atoms with Crippen LogP contribution in [0.2, 0.25) is 0 Å². The normalized spacial score (nSPS) is 15.4. The summed E-state index contributed by atoms with van der Waals surface area (Å²) in [7, 11) is 0. The van der Waals surface area contributed by atoms with E-state index < -0.39 is 11.6 Å². The van der Waals surface area contributed by atoms with Gasteiger partial charge in [-0.25, -0.2) is 8.78 Å². The van der Waals surface area contributed by atoms with Crippen molar-refractivity contribution in [2.75, 3.05) is 0 Å². The molecule has 0 spiro atoms. The van der Waals surface area contributed by atoms with Crippen molar-refractivity contribution >= 4 is 5.78 Å². The van der Waals surface area contributed by atoms with Crippen molar-refractivity contribution < 1.29 is 18.3 Å². The van der Waals surface area contributed by atoms with Gasteiger partial charge in [-0.3, -0.25) is 4.79 Å². The lowest BCUT2D eigenvalue weighted by Gasteiger charge is -2.16. The van der Waals surface area contributed by atoms with Gasteiger partial charge in [0.15, 0.2) is 17.4 Å². The van der Waals surface area contributed by atoms with E-state index in [1.807, 2.05) is 13.8 Å². The molecule has 0 amide bonds. The highest BCUT2D eigenvalue weighted by Gasteiger charge is 2.30. The molecule has 0 bridgehead atoms. The van der Waals surface area contributed by atoms with Crippen LogP contribution >= 0.6 is 0 Å². The van der Waals surface area contributed by atoms with Crippen molar-refractivity contribution in [1.82, 2.24) is 0 Å². The van der Waals surface area contributed by atoms with E-state index in [-0.39, 0.29) is 16.9 Å². The molecule has 2 aromatic rings. The number of carbonyl (C=O) groups excluding carboxylic acids is 1. The summed E-state index contributed by atoms with van der Waals surface area (Å²) in [5, 5.41) is 0. The smallest absolute Gasteiger partial charge is 0.193 e. The Balaban J connectivity index is 1.95. The van der Waals surface area contributed by atoms with Crippen LogP contribution in [0.1, 0.15) is 35.3 Å². The van der Waals surface area contributed by atoms with Gasteiger partial charge >= 0.3 is 0 Å². The van der Waals surface area contributed by atoms with Crippen molar-refractivity contribution in [2.24, 2.45) is 0 Å². The second-order valence-electron chi connectivity index (χ2n) is 5.82. The molecule has 0 aliphatic carbocycles. The zero-order valence-electron chi connectivity index (χ0n) is 11.7. The third kappa shape index (κ3) is 2.53. The molecule has 108 valence electrons. The van der Waals surface area contributed by atoms with Gasteiger partial charge in [0, 0.05) is 17.5 Å².